The van der Waals surface area contributed by atoms with Gasteiger partial charge in [0.2, 0.25) is 11.8 Å². The van der Waals surface area contributed by atoms with Gasteiger partial charge in [0.15, 0.2) is 6.29 Å². The molecule has 0 spiro atoms. The van der Waals surface area contributed by atoms with Gasteiger partial charge in [-0.15, -0.1) is 0 Å². The van der Waals surface area contributed by atoms with Crippen molar-refractivity contribution in [3.63, 3.8) is 0 Å². The summed E-state index contributed by atoms with van der Waals surface area (Å²) in [5.74, 6) is 2.34. The molecule has 0 aromatic heterocycles. The van der Waals surface area contributed by atoms with E-state index < -0.39 is 35.4 Å². The summed E-state index contributed by atoms with van der Waals surface area (Å²) in [7, 11) is 0. The molecule has 8 heteroatoms. The molecule has 0 aliphatic carbocycles. The second-order valence-corrected chi connectivity index (χ2v) is 11.5. The van der Waals surface area contributed by atoms with Crippen molar-refractivity contribution < 1.29 is 24.0 Å². The van der Waals surface area contributed by atoms with Crippen LogP contribution >= 0.6 is 0 Å². The van der Waals surface area contributed by atoms with Gasteiger partial charge in [-0.1, -0.05) is 84.0 Å². The minimum atomic E-state index is -1.29. The molecular formula is C30H47N3O5. The van der Waals surface area contributed by atoms with Crippen molar-refractivity contribution >= 4 is 23.7 Å². The van der Waals surface area contributed by atoms with Crippen LogP contribution in [0.3, 0.4) is 0 Å². The van der Waals surface area contributed by atoms with E-state index in [0.717, 1.165) is 18.4 Å². The normalized spacial score (nSPS) is 19.4. The van der Waals surface area contributed by atoms with Gasteiger partial charge in [0, 0.05) is 18.9 Å². The Bertz CT molecular complexity index is 925. The molecule has 0 saturated carbocycles. The topological polar surface area (TPSA) is 120 Å². The molecule has 0 radical (unpaired) electrons. The number of benzene rings is 1. The Labute approximate surface area is 228 Å². The minimum Gasteiger partial charge on any atom is -0.350 e. The Kier molecular flexibility index (Phi) is 12.6. The molecule has 1 heterocycles. The molecule has 1 fully saturated rings. The van der Waals surface area contributed by atoms with E-state index in [1.165, 1.54) is 0 Å². The maximum atomic E-state index is 14.2. The van der Waals surface area contributed by atoms with Gasteiger partial charge in [-0.25, -0.2) is 16.2 Å². The third-order valence-electron chi connectivity index (χ3n) is 6.97. The van der Waals surface area contributed by atoms with Crippen molar-refractivity contribution in [3.05, 3.63) is 42.0 Å². The van der Waals surface area contributed by atoms with Crippen LogP contribution in [0.15, 0.2) is 36.4 Å². The molecule has 2 rings (SSSR count). The summed E-state index contributed by atoms with van der Waals surface area (Å²) < 4.78 is 5.63. The number of carbonyl (C=O) groups is 3. The zero-order valence-corrected chi connectivity index (χ0v) is 23.9. The average Bonchev–Trinajstić information content (AvgIpc) is 2.89. The maximum Gasteiger partial charge on any atom is 0.248 e. The van der Waals surface area contributed by atoms with Crippen LogP contribution < -0.4 is 16.7 Å². The van der Waals surface area contributed by atoms with E-state index in [0.29, 0.717) is 25.9 Å². The molecule has 1 aliphatic rings. The first-order valence-electron chi connectivity index (χ1n) is 13.9. The first-order valence-corrected chi connectivity index (χ1v) is 13.9. The predicted octanol–water partition coefficient (Wildman–Crippen LogP) is 4.80. The number of amides is 2. The summed E-state index contributed by atoms with van der Waals surface area (Å²) in [6.45, 7) is 12.2. The fraction of sp³-hybridized carbons (Fsp3) is 0.633. The molecule has 2 amide bonds. The third kappa shape index (κ3) is 8.75. The van der Waals surface area contributed by atoms with Crippen molar-refractivity contribution in [2.75, 3.05) is 6.61 Å². The molecule has 4 N–H and O–H groups in total. The van der Waals surface area contributed by atoms with Crippen LogP contribution in [-0.4, -0.2) is 30.5 Å². The Morgan fingerprint density at radius 2 is 1.74 bits per heavy atom. The third-order valence-corrected chi connectivity index (χ3v) is 6.97. The predicted molar refractivity (Wildman–Crippen MR) is 149 cm³/mol. The summed E-state index contributed by atoms with van der Waals surface area (Å²) in [6.07, 6.45) is 6.40. The van der Waals surface area contributed by atoms with E-state index >= 15 is 0 Å². The summed E-state index contributed by atoms with van der Waals surface area (Å²) in [4.78, 5) is 47.3. The highest BCUT2D eigenvalue weighted by atomic mass is 16.8. The van der Waals surface area contributed by atoms with Crippen LogP contribution in [0.5, 0.6) is 0 Å². The van der Waals surface area contributed by atoms with Crippen LogP contribution in [0, 0.1) is 35.0 Å². The van der Waals surface area contributed by atoms with Crippen LogP contribution in [0.25, 0.3) is 6.08 Å². The zero-order chi connectivity index (χ0) is 28.3. The Morgan fingerprint density at radius 3 is 2.26 bits per heavy atom. The number of hydrazine groups is 1. The smallest absolute Gasteiger partial charge is 0.248 e. The largest absolute Gasteiger partial charge is 0.350 e. The number of nitrogens with two attached hydrogens (primary N) is 1. The molecule has 212 valence electrons. The van der Waals surface area contributed by atoms with E-state index in [1.54, 1.807) is 0 Å². The van der Waals surface area contributed by atoms with Gasteiger partial charge < -0.3 is 4.74 Å². The number of ketones is 1. The summed E-state index contributed by atoms with van der Waals surface area (Å²) in [5.41, 5.74) is 4.45. The van der Waals surface area contributed by atoms with E-state index in [2.05, 4.69) is 10.9 Å². The minimum absolute atomic E-state index is 0.0525. The zero-order valence-electron chi connectivity index (χ0n) is 23.9. The Hall–Kier alpha value is -2.55. The second-order valence-electron chi connectivity index (χ2n) is 11.5. The standard InChI is InChI=1S/C30H47N3O5/c1-20(2)18-24(28(35)32-31)26(29(36)33-38-25-14-10-11-17-37-25)30(19-21(3)4,27(34)22(5)6)16-15-23-12-8-7-9-13-23/h7-9,12-13,15-16,20-22,24-26H,10-11,14,17-19,31H2,1-6H3,(H,32,35)(H,33,36)/b16-15+/t24-,25?,26-,30?/m1/s1. The number of ether oxygens (including phenoxy) is 1. The quantitative estimate of drug-likeness (QED) is 0.181. The summed E-state index contributed by atoms with van der Waals surface area (Å²) in [6, 6.07) is 9.63. The molecule has 38 heavy (non-hydrogen) atoms. The van der Waals surface area contributed by atoms with Crippen molar-refractivity contribution in [3.8, 4) is 0 Å². The van der Waals surface area contributed by atoms with Crippen molar-refractivity contribution in [1.82, 2.24) is 10.9 Å². The number of nitrogens with one attached hydrogen (secondary N) is 2. The van der Waals surface area contributed by atoms with Gasteiger partial charge in [0.1, 0.15) is 5.78 Å². The number of Topliss-reactive ketones (excluding diaryl/α,β-unsaturated/α-hetero) is 1. The highest BCUT2D eigenvalue weighted by Crippen LogP contribution is 2.46. The Morgan fingerprint density at radius 1 is 1.05 bits per heavy atom. The van der Waals surface area contributed by atoms with Crippen molar-refractivity contribution in [2.45, 2.75) is 79.9 Å². The molecule has 8 nitrogen and oxygen atoms in total. The van der Waals surface area contributed by atoms with Gasteiger partial charge >= 0.3 is 0 Å². The fourth-order valence-electron chi connectivity index (χ4n) is 5.43. The number of hydrogen-bond donors (Lipinski definition) is 3. The number of hydroxylamine groups is 1. The lowest BCUT2D eigenvalue weighted by Gasteiger charge is -2.42. The lowest BCUT2D eigenvalue weighted by atomic mass is 9.59. The molecule has 1 aromatic rings. The molecular weight excluding hydrogens is 482 g/mol. The lowest BCUT2D eigenvalue weighted by molar-refractivity contribution is -0.205. The van der Waals surface area contributed by atoms with Gasteiger partial charge in [-0.3, -0.25) is 19.8 Å². The molecule has 1 aromatic carbocycles. The number of carbonyl (C=O) groups excluding carboxylic acids is 3. The van der Waals surface area contributed by atoms with Gasteiger partial charge in [0.05, 0.1) is 17.3 Å². The number of hydrogen-bond acceptors (Lipinski definition) is 6. The van der Waals surface area contributed by atoms with E-state index in [-0.39, 0.29) is 23.5 Å². The van der Waals surface area contributed by atoms with E-state index in [9.17, 15) is 14.4 Å². The van der Waals surface area contributed by atoms with E-state index in [4.69, 9.17) is 15.4 Å². The average molecular weight is 530 g/mol. The fourth-order valence-corrected chi connectivity index (χ4v) is 5.43. The monoisotopic (exact) mass is 529 g/mol. The van der Waals surface area contributed by atoms with Gasteiger partial charge in [-0.05, 0) is 43.1 Å². The molecule has 0 bridgehead atoms. The number of allylic oxidation sites excluding steroid dienone is 1. The summed E-state index contributed by atoms with van der Waals surface area (Å²) >= 11 is 0. The molecule has 4 atom stereocenters. The first kappa shape index (κ1) is 31.7. The second kappa shape index (κ2) is 15.1. The summed E-state index contributed by atoms with van der Waals surface area (Å²) in [5, 5.41) is 0. The van der Waals surface area contributed by atoms with Crippen LogP contribution in [0.1, 0.15) is 79.2 Å². The first-order chi connectivity index (χ1) is 18.0. The highest BCUT2D eigenvalue weighted by Gasteiger charge is 2.53. The number of rotatable bonds is 14. The van der Waals surface area contributed by atoms with Gasteiger partial charge in [0.25, 0.3) is 0 Å². The SMILES string of the molecule is CC(C)C[C@@H](C(=O)NN)[C@H](C(=O)NOC1CCCCO1)C(/C=C/c1ccccc1)(CC(C)C)C(=O)C(C)C. The van der Waals surface area contributed by atoms with Crippen LogP contribution in [0.4, 0.5) is 0 Å². The molecule has 2 unspecified atom stereocenters. The van der Waals surface area contributed by atoms with Crippen LogP contribution in [0.2, 0.25) is 0 Å². The van der Waals surface area contributed by atoms with Gasteiger partial charge in [-0.2, -0.15) is 0 Å². The molecule has 1 aliphatic heterocycles. The maximum absolute atomic E-state index is 14.2. The van der Waals surface area contributed by atoms with E-state index in [1.807, 2.05) is 84.0 Å². The van der Waals surface area contributed by atoms with Crippen molar-refractivity contribution in [2.24, 2.45) is 40.8 Å². The molecule has 1 saturated heterocycles. The Balaban J connectivity index is 2.70. The highest BCUT2D eigenvalue weighted by molar-refractivity contribution is 5.97. The lowest BCUT2D eigenvalue weighted by Crippen LogP contribution is -2.55. The van der Waals surface area contributed by atoms with Crippen LogP contribution in [-0.2, 0) is 24.0 Å². The van der Waals surface area contributed by atoms with Crippen molar-refractivity contribution in [1.29, 1.82) is 0 Å².